The first-order chi connectivity index (χ1) is 11.1. The minimum Gasteiger partial charge on any atom is -0.342 e. The highest BCUT2D eigenvalue weighted by molar-refractivity contribution is 5.94. The van der Waals surface area contributed by atoms with Crippen LogP contribution in [-0.4, -0.2) is 47.8 Å². The van der Waals surface area contributed by atoms with Gasteiger partial charge in [-0.25, -0.2) is 0 Å². The van der Waals surface area contributed by atoms with Gasteiger partial charge in [-0.2, -0.15) is 0 Å². The number of amides is 2. The van der Waals surface area contributed by atoms with E-state index < -0.39 is 0 Å². The molecular formula is C19H26N2O2. The summed E-state index contributed by atoms with van der Waals surface area (Å²) < 4.78 is 0. The SMILES string of the molecule is Cc1ccc(C(=O)N2CCC(CN3CCCCC3=O)CC2)cc1. The van der Waals surface area contributed by atoms with Crippen LogP contribution in [0.3, 0.4) is 0 Å². The van der Waals surface area contributed by atoms with Crippen LogP contribution in [0.1, 0.15) is 48.0 Å². The number of aryl methyl sites for hydroxylation is 1. The van der Waals surface area contributed by atoms with Gasteiger partial charge in [-0.15, -0.1) is 0 Å². The van der Waals surface area contributed by atoms with Crippen molar-refractivity contribution in [1.82, 2.24) is 9.80 Å². The first-order valence-corrected chi connectivity index (χ1v) is 8.77. The fraction of sp³-hybridized carbons (Fsp3) is 0.579. The number of nitrogens with zero attached hydrogens (tertiary/aromatic N) is 2. The Morgan fingerprint density at radius 2 is 1.78 bits per heavy atom. The van der Waals surface area contributed by atoms with Gasteiger partial charge in [0.2, 0.25) is 5.91 Å². The summed E-state index contributed by atoms with van der Waals surface area (Å²) in [7, 11) is 0. The van der Waals surface area contributed by atoms with Crippen molar-refractivity contribution in [3.8, 4) is 0 Å². The Balaban J connectivity index is 1.50. The lowest BCUT2D eigenvalue weighted by Crippen LogP contribution is -2.44. The first-order valence-electron chi connectivity index (χ1n) is 8.77. The topological polar surface area (TPSA) is 40.6 Å². The monoisotopic (exact) mass is 314 g/mol. The third-order valence-corrected chi connectivity index (χ3v) is 5.10. The van der Waals surface area contributed by atoms with E-state index in [9.17, 15) is 9.59 Å². The minimum absolute atomic E-state index is 0.137. The van der Waals surface area contributed by atoms with Crippen LogP contribution in [0.15, 0.2) is 24.3 Å². The third-order valence-electron chi connectivity index (χ3n) is 5.10. The first kappa shape index (κ1) is 16.0. The zero-order valence-corrected chi connectivity index (χ0v) is 14.0. The van der Waals surface area contributed by atoms with Crippen LogP contribution >= 0.6 is 0 Å². The summed E-state index contributed by atoms with van der Waals surface area (Å²) in [6, 6.07) is 7.80. The van der Waals surface area contributed by atoms with E-state index in [0.717, 1.165) is 57.4 Å². The zero-order chi connectivity index (χ0) is 16.2. The molecule has 2 amide bonds. The second-order valence-electron chi connectivity index (χ2n) is 6.90. The molecule has 2 aliphatic rings. The van der Waals surface area contributed by atoms with Gasteiger partial charge in [0.25, 0.3) is 5.91 Å². The van der Waals surface area contributed by atoms with E-state index in [-0.39, 0.29) is 5.91 Å². The third kappa shape index (κ3) is 3.92. The van der Waals surface area contributed by atoms with Crippen molar-refractivity contribution in [3.05, 3.63) is 35.4 Å². The second-order valence-corrected chi connectivity index (χ2v) is 6.90. The van der Waals surface area contributed by atoms with Gasteiger partial charge in [-0.05, 0) is 50.7 Å². The highest BCUT2D eigenvalue weighted by atomic mass is 16.2. The Bertz CT molecular complexity index is 559. The number of piperidine rings is 2. The summed E-state index contributed by atoms with van der Waals surface area (Å²) in [5, 5.41) is 0. The largest absolute Gasteiger partial charge is 0.342 e. The zero-order valence-electron chi connectivity index (χ0n) is 14.0. The Labute approximate surface area is 138 Å². The molecule has 0 spiro atoms. The Kier molecular flexibility index (Phi) is 4.99. The number of carbonyl (C=O) groups is 2. The molecule has 23 heavy (non-hydrogen) atoms. The predicted octanol–water partition coefficient (Wildman–Crippen LogP) is 2.86. The standard InChI is InChI=1S/C19H26N2O2/c1-15-5-7-17(8-6-15)19(23)20-12-9-16(10-13-20)14-21-11-3-2-4-18(21)22/h5-8,16H,2-4,9-14H2,1H3. The average molecular weight is 314 g/mol. The number of likely N-dealkylation sites (tertiary alicyclic amines) is 2. The highest BCUT2D eigenvalue weighted by Gasteiger charge is 2.27. The molecule has 4 nitrogen and oxygen atoms in total. The molecule has 1 aromatic rings. The molecule has 2 aliphatic heterocycles. The van der Waals surface area contributed by atoms with Crippen molar-refractivity contribution < 1.29 is 9.59 Å². The van der Waals surface area contributed by atoms with Gasteiger partial charge in [0.15, 0.2) is 0 Å². The van der Waals surface area contributed by atoms with Crippen LogP contribution < -0.4 is 0 Å². The maximum Gasteiger partial charge on any atom is 0.253 e. The molecule has 0 saturated carbocycles. The lowest BCUT2D eigenvalue weighted by Gasteiger charge is -2.36. The maximum atomic E-state index is 12.5. The number of rotatable bonds is 3. The van der Waals surface area contributed by atoms with Crippen molar-refractivity contribution in [2.45, 2.75) is 39.0 Å². The van der Waals surface area contributed by atoms with Crippen LogP contribution in [0.5, 0.6) is 0 Å². The van der Waals surface area contributed by atoms with E-state index in [4.69, 9.17) is 0 Å². The number of hydrogen-bond donors (Lipinski definition) is 0. The quantitative estimate of drug-likeness (QED) is 0.861. The summed E-state index contributed by atoms with van der Waals surface area (Å²) in [5.74, 6) is 0.992. The molecule has 2 heterocycles. The van der Waals surface area contributed by atoms with Crippen molar-refractivity contribution in [1.29, 1.82) is 0 Å². The van der Waals surface area contributed by atoms with Gasteiger partial charge < -0.3 is 9.80 Å². The number of benzene rings is 1. The Hall–Kier alpha value is -1.84. The molecule has 0 unspecified atom stereocenters. The molecule has 0 aliphatic carbocycles. The summed E-state index contributed by atoms with van der Waals surface area (Å²) in [6.07, 6.45) is 4.89. The Morgan fingerprint density at radius 1 is 1.09 bits per heavy atom. The molecular weight excluding hydrogens is 288 g/mol. The van der Waals surface area contributed by atoms with E-state index in [1.807, 2.05) is 41.0 Å². The number of carbonyl (C=O) groups excluding carboxylic acids is 2. The summed E-state index contributed by atoms with van der Waals surface area (Å²) in [6.45, 7) is 5.44. The number of hydrogen-bond acceptors (Lipinski definition) is 2. The van der Waals surface area contributed by atoms with Gasteiger partial charge >= 0.3 is 0 Å². The minimum atomic E-state index is 0.137. The maximum absolute atomic E-state index is 12.5. The summed E-state index contributed by atoms with van der Waals surface area (Å²) >= 11 is 0. The van der Waals surface area contributed by atoms with Crippen molar-refractivity contribution >= 4 is 11.8 Å². The molecule has 2 fully saturated rings. The summed E-state index contributed by atoms with van der Waals surface area (Å²) in [5.41, 5.74) is 1.95. The van der Waals surface area contributed by atoms with Crippen LogP contribution in [0, 0.1) is 12.8 Å². The van der Waals surface area contributed by atoms with Crippen LogP contribution in [0.4, 0.5) is 0 Å². The molecule has 4 heteroatoms. The molecule has 0 bridgehead atoms. The molecule has 0 aromatic heterocycles. The molecule has 0 N–H and O–H groups in total. The van der Waals surface area contributed by atoms with Gasteiger partial charge in [0.05, 0.1) is 0 Å². The lowest BCUT2D eigenvalue weighted by atomic mass is 9.94. The van der Waals surface area contributed by atoms with E-state index >= 15 is 0 Å². The van der Waals surface area contributed by atoms with Gasteiger partial charge in [-0.1, -0.05) is 17.7 Å². The molecule has 0 radical (unpaired) electrons. The van der Waals surface area contributed by atoms with Gasteiger partial charge in [0, 0.05) is 38.2 Å². The molecule has 1 aromatic carbocycles. The van der Waals surface area contributed by atoms with Crippen molar-refractivity contribution in [2.75, 3.05) is 26.2 Å². The van der Waals surface area contributed by atoms with E-state index in [1.54, 1.807) is 0 Å². The second kappa shape index (κ2) is 7.16. The normalized spacial score (nSPS) is 20.0. The molecule has 0 atom stereocenters. The fourth-order valence-corrected chi connectivity index (χ4v) is 3.56. The molecule has 2 saturated heterocycles. The van der Waals surface area contributed by atoms with Crippen LogP contribution in [0.2, 0.25) is 0 Å². The van der Waals surface area contributed by atoms with E-state index in [2.05, 4.69) is 0 Å². The van der Waals surface area contributed by atoms with Crippen molar-refractivity contribution in [2.24, 2.45) is 5.92 Å². The fourth-order valence-electron chi connectivity index (χ4n) is 3.56. The smallest absolute Gasteiger partial charge is 0.253 e. The van der Waals surface area contributed by atoms with Crippen molar-refractivity contribution in [3.63, 3.8) is 0 Å². The van der Waals surface area contributed by atoms with Gasteiger partial charge in [0.1, 0.15) is 0 Å². The molecule has 3 rings (SSSR count). The molecule has 124 valence electrons. The van der Waals surface area contributed by atoms with Crippen LogP contribution in [0.25, 0.3) is 0 Å². The highest BCUT2D eigenvalue weighted by Crippen LogP contribution is 2.22. The van der Waals surface area contributed by atoms with Crippen LogP contribution in [-0.2, 0) is 4.79 Å². The van der Waals surface area contributed by atoms with E-state index in [0.29, 0.717) is 18.2 Å². The lowest BCUT2D eigenvalue weighted by molar-refractivity contribution is -0.134. The predicted molar refractivity (Wildman–Crippen MR) is 90.2 cm³/mol. The average Bonchev–Trinajstić information content (AvgIpc) is 2.58. The Morgan fingerprint density at radius 3 is 2.43 bits per heavy atom. The van der Waals surface area contributed by atoms with E-state index in [1.165, 1.54) is 5.56 Å². The van der Waals surface area contributed by atoms with Gasteiger partial charge in [-0.3, -0.25) is 9.59 Å². The summed E-state index contributed by atoms with van der Waals surface area (Å²) in [4.78, 5) is 28.4.